The molecule has 2 heterocycles. The molecule has 2 N–H and O–H groups in total. The van der Waals surface area contributed by atoms with Gasteiger partial charge in [-0.05, 0) is 25.7 Å². The molecule has 0 atom stereocenters. The van der Waals surface area contributed by atoms with Crippen LogP contribution in [0.15, 0.2) is 28.8 Å². The lowest BCUT2D eigenvalue weighted by Crippen LogP contribution is -2.10. The first kappa shape index (κ1) is 11.0. The summed E-state index contributed by atoms with van der Waals surface area (Å²) >= 11 is 0. The SMILES string of the molecule is O=c1[nH]nc2cc(NCCC3=CCCC3)ncn12. The number of hydrogen-bond donors (Lipinski definition) is 2. The first-order valence-corrected chi connectivity index (χ1v) is 6.17. The van der Waals surface area contributed by atoms with Crippen LogP contribution in [0.5, 0.6) is 0 Å². The van der Waals surface area contributed by atoms with Crippen LogP contribution in [0.3, 0.4) is 0 Å². The molecule has 2 aromatic rings. The van der Waals surface area contributed by atoms with Crippen LogP contribution in [0.2, 0.25) is 0 Å². The van der Waals surface area contributed by atoms with Crippen LogP contribution in [-0.2, 0) is 0 Å². The van der Waals surface area contributed by atoms with E-state index >= 15 is 0 Å². The number of aromatic amines is 1. The Hall–Kier alpha value is -2.11. The summed E-state index contributed by atoms with van der Waals surface area (Å²) in [5, 5.41) is 9.54. The first-order chi connectivity index (χ1) is 8.83. The number of rotatable bonds is 4. The molecule has 0 aromatic carbocycles. The first-order valence-electron chi connectivity index (χ1n) is 6.17. The molecule has 2 aromatic heterocycles. The lowest BCUT2D eigenvalue weighted by molar-refractivity contribution is 0.861. The second kappa shape index (κ2) is 4.64. The Balaban J connectivity index is 1.65. The molecule has 0 aliphatic heterocycles. The highest BCUT2D eigenvalue weighted by Crippen LogP contribution is 2.20. The van der Waals surface area contributed by atoms with Crippen molar-refractivity contribution in [3.05, 3.63) is 34.5 Å². The molecule has 6 heteroatoms. The maximum Gasteiger partial charge on any atom is 0.348 e. The van der Waals surface area contributed by atoms with E-state index < -0.39 is 0 Å². The molecular weight excluding hydrogens is 230 g/mol. The second-order valence-electron chi connectivity index (χ2n) is 4.46. The Labute approximate surface area is 104 Å². The van der Waals surface area contributed by atoms with Crippen molar-refractivity contribution in [2.75, 3.05) is 11.9 Å². The number of aromatic nitrogens is 4. The van der Waals surface area contributed by atoms with Gasteiger partial charge in [0.1, 0.15) is 12.1 Å². The predicted octanol–water partition coefficient (Wildman–Crippen LogP) is 1.33. The van der Waals surface area contributed by atoms with Gasteiger partial charge in [-0.25, -0.2) is 19.3 Å². The van der Waals surface area contributed by atoms with Gasteiger partial charge in [-0.2, -0.15) is 5.10 Å². The lowest BCUT2D eigenvalue weighted by Gasteiger charge is -2.05. The van der Waals surface area contributed by atoms with Gasteiger partial charge in [-0.1, -0.05) is 11.6 Å². The Morgan fingerprint density at radius 1 is 1.50 bits per heavy atom. The number of nitrogens with zero attached hydrogens (tertiary/aromatic N) is 3. The van der Waals surface area contributed by atoms with E-state index in [0.717, 1.165) is 18.8 Å². The van der Waals surface area contributed by atoms with Crippen molar-refractivity contribution in [3.63, 3.8) is 0 Å². The van der Waals surface area contributed by atoms with Gasteiger partial charge in [0.2, 0.25) is 0 Å². The Kier molecular flexibility index (Phi) is 2.84. The molecule has 0 bridgehead atoms. The van der Waals surface area contributed by atoms with Crippen molar-refractivity contribution in [3.8, 4) is 0 Å². The number of hydrogen-bond acceptors (Lipinski definition) is 4. The smallest absolute Gasteiger partial charge is 0.348 e. The fourth-order valence-electron chi connectivity index (χ4n) is 2.22. The van der Waals surface area contributed by atoms with Gasteiger partial charge < -0.3 is 5.32 Å². The van der Waals surface area contributed by atoms with Gasteiger partial charge in [0.15, 0.2) is 5.65 Å². The van der Waals surface area contributed by atoms with Crippen molar-refractivity contribution >= 4 is 11.5 Å². The zero-order valence-corrected chi connectivity index (χ0v) is 10.0. The Morgan fingerprint density at radius 3 is 3.28 bits per heavy atom. The quantitative estimate of drug-likeness (QED) is 0.797. The van der Waals surface area contributed by atoms with Crippen molar-refractivity contribution in [1.82, 2.24) is 19.6 Å². The van der Waals surface area contributed by atoms with Gasteiger partial charge in [-0.3, -0.25) is 0 Å². The monoisotopic (exact) mass is 245 g/mol. The third-order valence-electron chi connectivity index (χ3n) is 3.20. The molecule has 0 spiro atoms. The predicted molar refractivity (Wildman–Crippen MR) is 68.6 cm³/mol. The van der Waals surface area contributed by atoms with Crippen molar-refractivity contribution in [2.45, 2.75) is 25.7 Å². The normalized spacial score (nSPS) is 15.0. The Bertz CT molecular complexity index is 639. The molecule has 0 saturated carbocycles. The summed E-state index contributed by atoms with van der Waals surface area (Å²) in [6.45, 7) is 0.865. The third kappa shape index (κ3) is 2.13. The van der Waals surface area contributed by atoms with E-state index in [1.165, 1.54) is 35.6 Å². The van der Waals surface area contributed by atoms with Crippen LogP contribution in [0.4, 0.5) is 5.82 Å². The average molecular weight is 245 g/mol. The van der Waals surface area contributed by atoms with Crippen LogP contribution in [0.1, 0.15) is 25.7 Å². The van der Waals surface area contributed by atoms with E-state index in [1.54, 1.807) is 6.07 Å². The van der Waals surface area contributed by atoms with E-state index in [0.29, 0.717) is 5.65 Å². The minimum Gasteiger partial charge on any atom is -0.370 e. The highest BCUT2D eigenvalue weighted by molar-refractivity contribution is 5.48. The molecule has 1 aliphatic rings. The zero-order chi connectivity index (χ0) is 12.4. The third-order valence-corrected chi connectivity index (χ3v) is 3.20. The molecule has 1 aliphatic carbocycles. The number of anilines is 1. The lowest BCUT2D eigenvalue weighted by atomic mass is 10.2. The summed E-state index contributed by atoms with van der Waals surface area (Å²) in [4.78, 5) is 15.4. The van der Waals surface area contributed by atoms with Gasteiger partial charge >= 0.3 is 5.69 Å². The molecule has 0 fully saturated rings. The number of fused-ring (bicyclic) bond motifs is 1. The van der Waals surface area contributed by atoms with E-state index in [1.807, 2.05) is 0 Å². The van der Waals surface area contributed by atoms with Crippen LogP contribution >= 0.6 is 0 Å². The average Bonchev–Trinajstić information content (AvgIpc) is 3.00. The van der Waals surface area contributed by atoms with Gasteiger partial charge in [0.25, 0.3) is 0 Å². The van der Waals surface area contributed by atoms with Gasteiger partial charge in [-0.15, -0.1) is 0 Å². The minimum absolute atomic E-state index is 0.264. The van der Waals surface area contributed by atoms with Gasteiger partial charge in [0.05, 0.1) is 0 Å². The van der Waals surface area contributed by atoms with Crippen molar-refractivity contribution in [2.24, 2.45) is 0 Å². The summed E-state index contributed by atoms with van der Waals surface area (Å²) in [5.74, 6) is 0.750. The summed E-state index contributed by atoms with van der Waals surface area (Å²) in [5.41, 5.74) is 1.84. The van der Waals surface area contributed by atoms with Crippen LogP contribution < -0.4 is 11.0 Å². The van der Waals surface area contributed by atoms with E-state index in [-0.39, 0.29) is 5.69 Å². The summed E-state index contributed by atoms with van der Waals surface area (Å²) < 4.78 is 1.38. The molecule has 18 heavy (non-hydrogen) atoms. The standard InChI is InChI=1S/C12H15N5O/c18-12-16-15-11-7-10(14-8-17(11)12)13-6-5-9-3-1-2-4-9/h3,7-8,13H,1-2,4-6H2,(H,16,18). The van der Waals surface area contributed by atoms with E-state index in [9.17, 15) is 4.79 Å². The second-order valence-corrected chi connectivity index (χ2v) is 4.46. The van der Waals surface area contributed by atoms with Gasteiger partial charge in [0, 0.05) is 12.6 Å². The molecule has 3 rings (SSSR count). The largest absolute Gasteiger partial charge is 0.370 e. The molecule has 6 nitrogen and oxygen atoms in total. The summed E-state index contributed by atoms with van der Waals surface area (Å²) in [6.07, 6.45) is 8.60. The van der Waals surface area contributed by atoms with E-state index in [2.05, 4.69) is 26.6 Å². The number of nitrogens with one attached hydrogen (secondary N) is 2. The molecule has 0 amide bonds. The minimum atomic E-state index is -0.264. The van der Waals surface area contributed by atoms with Crippen LogP contribution in [-0.4, -0.2) is 26.1 Å². The molecule has 0 unspecified atom stereocenters. The number of allylic oxidation sites excluding steroid dienone is 1. The van der Waals surface area contributed by atoms with Crippen LogP contribution in [0, 0.1) is 0 Å². The maximum absolute atomic E-state index is 11.3. The summed E-state index contributed by atoms with van der Waals surface area (Å²) in [6, 6.07) is 1.76. The highest BCUT2D eigenvalue weighted by atomic mass is 16.1. The zero-order valence-electron chi connectivity index (χ0n) is 10.0. The maximum atomic E-state index is 11.3. The fraction of sp³-hybridized carbons (Fsp3) is 0.417. The molecule has 0 saturated heterocycles. The van der Waals surface area contributed by atoms with Crippen molar-refractivity contribution < 1.29 is 0 Å². The fourth-order valence-corrected chi connectivity index (χ4v) is 2.22. The molecular formula is C12H15N5O. The highest BCUT2D eigenvalue weighted by Gasteiger charge is 2.05. The van der Waals surface area contributed by atoms with Crippen molar-refractivity contribution in [1.29, 1.82) is 0 Å². The topological polar surface area (TPSA) is 75.1 Å². The molecule has 0 radical (unpaired) electrons. The van der Waals surface area contributed by atoms with Crippen LogP contribution in [0.25, 0.3) is 5.65 Å². The molecule has 94 valence electrons. The number of H-pyrrole nitrogens is 1. The summed E-state index contributed by atoms with van der Waals surface area (Å²) in [7, 11) is 0. The Morgan fingerprint density at radius 2 is 2.44 bits per heavy atom. The van der Waals surface area contributed by atoms with E-state index in [4.69, 9.17) is 0 Å².